The standard InChI is InChI=1S/C18H16N4O2S2/c1-9-15(11(3)23)10(2)19-16(9)13(24)8-25-17-20-21-18-22(17)12-6-4-5-7-14(12)26-18/h4-7,19H,8H2,1-3H3. The minimum atomic E-state index is -0.0561. The lowest BCUT2D eigenvalue weighted by Crippen LogP contribution is -2.06. The summed E-state index contributed by atoms with van der Waals surface area (Å²) in [6.07, 6.45) is 0. The lowest BCUT2D eigenvalue weighted by molar-refractivity contribution is 0.101. The zero-order valence-corrected chi connectivity index (χ0v) is 16.1. The Kier molecular flexibility index (Phi) is 4.16. The predicted octanol–water partition coefficient (Wildman–Crippen LogP) is 4.07. The van der Waals surface area contributed by atoms with E-state index in [1.54, 1.807) is 18.3 Å². The van der Waals surface area contributed by atoms with Crippen LogP contribution in [0, 0.1) is 13.8 Å². The number of aromatic nitrogens is 4. The highest BCUT2D eigenvalue weighted by molar-refractivity contribution is 7.99. The zero-order chi connectivity index (χ0) is 18.4. The molecule has 26 heavy (non-hydrogen) atoms. The second kappa shape index (κ2) is 6.37. The summed E-state index contributed by atoms with van der Waals surface area (Å²) in [5.74, 6) is 0.134. The number of H-pyrrole nitrogens is 1. The van der Waals surface area contributed by atoms with E-state index in [0.29, 0.717) is 22.0 Å². The van der Waals surface area contributed by atoms with Gasteiger partial charge in [-0.2, -0.15) is 0 Å². The van der Waals surface area contributed by atoms with Gasteiger partial charge in [-0.05, 0) is 38.5 Å². The first kappa shape index (κ1) is 17.0. The van der Waals surface area contributed by atoms with Gasteiger partial charge in [0.25, 0.3) is 0 Å². The van der Waals surface area contributed by atoms with Gasteiger partial charge in [0.1, 0.15) is 0 Å². The number of rotatable bonds is 5. The first-order valence-electron chi connectivity index (χ1n) is 8.06. The Bertz CT molecular complexity index is 1170. The Labute approximate surface area is 157 Å². The molecule has 4 aromatic rings. The van der Waals surface area contributed by atoms with E-state index >= 15 is 0 Å². The topological polar surface area (TPSA) is 80.1 Å². The van der Waals surface area contributed by atoms with Gasteiger partial charge in [0, 0.05) is 11.3 Å². The number of hydrogen-bond acceptors (Lipinski definition) is 6. The zero-order valence-electron chi connectivity index (χ0n) is 14.5. The van der Waals surface area contributed by atoms with Crippen molar-refractivity contribution in [3.05, 3.63) is 46.8 Å². The molecule has 0 amide bonds. The van der Waals surface area contributed by atoms with Gasteiger partial charge in [-0.15, -0.1) is 10.2 Å². The number of ketones is 2. The third-order valence-corrected chi connectivity index (χ3v) is 6.25. The Morgan fingerprint density at radius 3 is 2.73 bits per heavy atom. The van der Waals surface area contributed by atoms with Gasteiger partial charge in [0.15, 0.2) is 16.7 Å². The van der Waals surface area contributed by atoms with Crippen LogP contribution in [0.5, 0.6) is 0 Å². The molecular formula is C18H16N4O2S2. The maximum atomic E-state index is 12.7. The van der Waals surface area contributed by atoms with Crippen LogP contribution < -0.4 is 0 Å². The highest BCUT2D eigenvalue weighted by Crippen LogP contribution is 2.30. The smallest absolute Gasteiger partial charge is 0.217 e. The van der Waals surface area contributed by atoms with Gasteiger partial charge >= 0.3 is 0 Å². The van der Waals surface area contributed by atoms with Gasteiger partial charge < -0.3 is 4.98 Å². The minimum absolute atomic E-state index is 0.0353. The third kappa shape index (κ3) is 2.65. The first-order valence-corrected chi connectivity index (χ1v) is 9.86. The number of carbonyl (C=O) groups is 2. The molecule has 0 atom stereocenters. The molecule has 3 aromatic heterocycles. The van der Waals surface area contributed by atoms with E-state index in [-0.39, 0.29) is 17.3 Å². The number of aromatic amines is 1. The fraction of sp³-hybridized carbons (Fsp3) is 0.222. The number of thiazole rings is 1. The van der Waals surface area contributed by atoms with Crippen molar-refractivity contribution in [2.24, 2.45) is 0 Å². The second-order valence-corrected chi connectivity index (χ2v) is 8.01. The van der Waals surface area contributed by atoms with Crippen LogP contribution in [-0.4, -0.2) is 36.9 Å². The number of nitrogens with zero attached hydrogens (tertiary/aromatic N) is 3. The number of carbonyl (C=O) groups excluding carboxylic acids is 2. The lowest BCUT2D eigenvalue weighted by atomic mass is 10.1. The summed E-state index contributed by atoms with van der Waals surface area (Å²) in [6.45, 7) is 5.13. The predicted molar refractivity (Wildman–Crippen MR) is 104 cm³/mol. The summed E-state index contributed by atoms with van der Waals surface area (Å²) < 4.78 is 3.11. The molecule has 0 aliphatic heterocycles. The first-order chi connectivity index (χ1) is 12.5. The van der Waals surface area contributed by atoms with Crippen molar-refractivity contribution in [1.82, 2.24) is 19.6 Å². The number of benzene rings is 1. The van der Waals surface area contributed by atoms with Crippen molar-refractivity contribution >= 4 is 49.8 Å². The van der Waals surface area contributed by atoms with Crippen molar-refractivity contribution in [1.29, 1.82) is 0 Å². The molecule has 0 saturated carbocycles. The van der Waals surface area contributed by atoms with Crippen LogP contribution in [0.15, 0.2) is 29.4 Å². The molecule has 8 heteroatoms. The monoisotopic (exact) mass is 384 g/mol. The summed E-state index contributed by atoms with van der Waals surface area (Å²) in [5.41, 5.74) is 3.59. The summed E-state index contributed by atoms with van der Waals surface area (Å²) in [7, 11) is 0. The van der Waals surface area contributed by atoms with Gasteiger partial charge in [0.2, 0.25) is 4.96 Å². The van der Waals surface area contributed by atoms with Crippen molar-refractivity contribution in [2.75, 3.05) is 5.75 Å². The molecule has 3 heterocycles. The van der Waals surface area contributed by atoms with E-state index in [9.17, 15) is 9.59 Å². The quantitative estimate of drug-likeness (QED) is 0.414. The molecule has 0 fully saturated rings. The average Bonchev–Trinajstić information content (AvgIpc) is 3.24. The van der Waals surface area contributed by atoms with Crippen LogP contribution in [0.2, 0.25) is 0 Å². The SMILES string of the molecule is CC(=O)c1c(C)[nH]c(C(=O)CSc2nnc3sc4ccccc4n23)c1C. The van der Waals surface area contributed by atoms with Gasteiger partial charge in [0.05, 0.1) is 21.7 Å². The van der Waals surface area contributed by atoms with E-state index in [1.807, 2.05) is 35.6 Å². The Balaban J connectivity index is 1.62. The van der Waals surface area contributed by atoms with Crippen LogP contribution >= 0.6 is 23.1 Å². The maximum Gasteiger partial charge on any atom is 0.217 e. The summed E-state index contributed by atoms with van der Waals surface area (Å²) >= 11 is 2.92. The molecule has 0 aliphatic carbocycles. The molecular weight excluding hydrogens is 368 g/mol. The van der Waals surface area contributed by atoms with Crippen molar-refractivity contribution in [3.63, 3.8) is 0 Å². The van der Waals surface area contributed by atoms with Gasteiger partial charge in [-0.1, -0.05) is 35.2 Å². The van der Waals surface area contributed by atoms with Crippen LogP contribution in [0.4, 0.5) is 0 Å². The molecule has 6 nitrogen and oxygen atoms in total. The maximum absolute atomic E-state index is 12.7. The largest absolute Gasteiger partial charge is 0.355 e. The molecule has 0 radical (unpaired) electrons. The summed E-state index contributed by atoms with van der Waals surface area (Å²) in [5, 5.41) is 9.12. The van der Waals surface area contributed by atoms with Crippen molar-refractivity contribution < 1.29 is 9.59 Å². The highest BCUT2D eigenvalue weighted by Gasteiger charge is 2.21. The summed E-state index contributed by atoms with van der Waals surface area (Å²) in [4.78, 5) is 28.3. The number of hydrogen-bond donors (Lipinski definition) is 1. The number of fused-ring (bicyclic) bond motifs is 3. The number of aryl methyl sites for hydroxylation is 1. The fourth-order valence-electron chi connectivity index (χ4n) is 3.21. The number of nitrogens with one attached hydrogen (secondary N) is 1. The highest BCUT2D eigenvalue weighted by atomic mass is 32.2. The molecule has 0 spiro atoms. The normalized spacial score (nSPS) is 11.5. The van der Waals surface area contributed by atoms with E-state index in [0.717, 1.165) is 20.9 Å². The van der Waals surface area contributed by atoms with Gasteiger partial charge in [-0.3, -0.25) is 14.0 Å². The molecule has 132 valence electrons. The van der Waals surface area contributed by atoms with Crippen LogP contribution in [-0.2, 0) is 0 Å². The molecule has 0 aliphatic rings. The Morgan fingerprint density at radius 2 is 2.00 bits per heavy atom. The Morgan fingerprint density at radius 1 is 1.23 bits per heavy atom. The number of Topliss-reactive ketones (excluding diaryl/α,β-unsaturated/α-hetero) is 2. The van der Waals surface area contributed by atoms with Crippen LogP contribution in [0.1, 0.15) is 39.0 Å². The molecule has 0 unspecified atom stereocenters. The van der Waals surface area contributed by atoms with Crippen LogP contribution in [0.3, 0.4) is 0 Å². The third-order valence-electron chi connectivity index (χ3n) is 4.31. The molecule has 4 rings (SSSR count). The molecule has 1 N–H and O–H groups in total. The van der Waals surface area contributed by atoms with Gasteiger partial charge in [-0.25, -0.2) is 0 Å². The lowest BCUT2D eigenvalue weighted by Gasteiger charge is -2.01. The van der Waals surface area contributed by atoms with E-state index in [2.05, 4.69) is 15.2 Å². The molecule has 1 aromatic carbocycles. The molecule has 0 saturated heterocycles. The van der Waals surface area contributed by atoms with Crippen molar-refractivity contribution in [2.45, 2.75) is 25.9 Å². The molecule has 0 bridgehead atoms. The van der Waals surface area contributed by atoms with E-state index < -0.39 is 0 Å². The van der Waals surface area contributed by atoms with Crippen LogP contribution in [0.25, 0.3) is 15.2 Å². The fourth-order valence-corrected chi connectivity index (χ4v) is 5.05. The number of para-hydroxylation sites is 1. The second-order valence-electron chi connectivity index (χ2n) is 6.06. The van der Waals surface area contributed by atoms with Crippen molar-refractivity contribution in [3.8, 4) is 0 Å². The van der Waals surface area contributed by atoms with E-state index in [1.165, 1.54) is 18.7 Å². The minimum Gasteiger partial charge on any atom is -0.355 e. The number of thioether (sulfide) groups is 1. The summed E-state index contributed by atoms with van der Waals surface area (Å²) in [6, 6.07) is 8.03. The Hall–Kier alpha value is -2.45. The van der Waals surface area contributed by atoms with E-state index in [4.69, 9.17) is 0 Å². The average molecular weight is 384 g/mol.